The second-order valence-corrected chi connectivity index (χ2v) is 6.24. The molecule has 0 fully saturated rings. The molecule has 26 heavy (non-hydrogen) atoms. The van der Waals surface area contributed by atoms with Gasteiger partial charge in [0.2, 0.25) is 0 Å². The van der Waals surface area contributed by atoms with Crippen molar-refractivity contribution in [3.8, 4) is 5.75 Å². The zero-order valence-corrected chi connectivity index (χ0v) is 14.7. The molecule has 0 saturated heterocycles. The van der Waals surface area contributed by atoms with Gasteiger partial charge in [-0.2, -0.15) is 0 Å². The van der Waals surface area contributed by atoms with Crippen molar-refractivity contribution < 1.29 is 14.6 Å². The molecular weight excluding hydrogens is 324 g/mol. The molecule has 0 spiro atoms. The number of ketones is 1. The maximum Gasteiger partial charge on any atom is 0.169 e. The van der Waals surface area contributed by atoms with Gasteiger partial charge in [0.15, 0.2) is 5.78 Å². The van der Waals surface area contributed by atoms with Gasteiger partial charge in [-0.1, -0.05) is 72.8 Å². The van der Waals surface area contributed by atoms with Crippen LogP contribution in [0.4, 0.5) is 0 Å². The molecule has 0 saturated carbocycles. The predicted octanol–water partition coefficient (Wildman–Crippen LogP) is 4.47. The Kier molecular flexibility index (Phi) is 5.82. The van der Waals surface area contributed by atoms with Gasteiger partial charge < -0.3 is 9.84 Å². The Balaban J connectivity index is 1.91. The molecule has 0 aliphatic rings. The van der Waals surface area contributed by atoms with Gasteiger partial charge in [0.1, 0.15) is 5.75 Å². The van der Waals surface area contributed by atoms with E-state index in [9.17, 15) is 9.90 Å². The van der Waals surface area contributed by atoms with Crippen LogP contribution in [0.3, 0.4) is 0 Å². The minimum absolute atomic E-state index is 0.0576. The lowest BCUT2D eigenvalue weighted by Crippen LogP contribution is -2.25. The molecule has 1 N–H and O–H groups in total. The molecule has 3 aromatic rings. The van der Waals surface area contributed by atoms with Crippen LogP contribution in [0.15, 0.2) is 84.9 Å². The third kappa shape index (κ3) is 4.19. The van der Waals surface area contributed by atoms with Crippen molar-refractivity contribution in [2.75, 3.05) is 7.11 Å². The Morgan fingerprint density at radius 1 is 0.885 bits per heavy atom. The van der Waals surface area contributed by atoms with Crippen molar-refractivity contribution in [3.05, 3.63) is 102 Å². The molecule has 0 aliphatic carbocycles. The monoisotopic (exact) mass is 346 g/mol. The van der Waals surface area contributed by atoms with Crippen molar-refractivity contribution >= 4 is 5.78 Å². The van der Waals surface area contributed by atoms with Crippen molar-refractivity contribution in [1.82, 2.24) is 0 Å². The van der Waals surface area contributed by atoms with E-state index in [-0.39, 0.29) is 5.78 Å². The van der Waals surface area contributed by atoms with Gasteiger partial charge in [-0.15, -0.1) is 0 Å². The van der Waals surface area contributed by atoms with Crippen LogP contribution in [-0.4, -0.2) is 18.0 Å². The molecule has 2 atom stereocenters. The first-order valence-electron chi connectivity index (χ1n) is 8.64. The molecule has 3 heteroatoms. The highest BCUT2D eigenvalue weighted by Crippen LogP contribution is 2.29. The number of benzene rings is 3. The van der Waals surface area contributed by atoms with Crippen molar-refractivity contribution in [2.45, 2.75) is 12.5 Å². The molecule has 3 aromatic carbocycles. The topological polar surface area (TPSA) is 46.5 Å². The number of methoxy groups -OCH3 is 1. The highest BCUT2D eigenvalue weighted by Gasteiger charge is 2.29. The molecule has 0 aliphatic heterocycles. The molecule has 0 heterocycles. The molecule has 3 nitrogen and oxygen atoms in total. The first kappa shape index (κ1) is 17.9. The smallest absolute Gasteiger partial charge is 0.169 e. The van der Waals surface area contributed by atoms with Gasteiger partial charge in [-0.3, -0.25) is 4.79 Å². The van der Waals surface area contributed by atoms with E-state index in [4.69, 9.17) is 4.74 Å². The van der Waals surface area contributed by atoms with Gasteiger partial charge in [0, 0.05) is 5.56 Å². The quantitative estimate of drug-likeness (QED) is 0.642. The lowest BCUT2D eigenvalue weighted by Gasteiger charge is -2.23. The van der Waals surface area contributed by atoms with Crippen LogP contribution in [0.25, 0.3) is 0 Å². The standard InChI is InChI=1S/C23H22O3/c1-26-20-14-12-19(13-15-20)23(25)21(16-17-8-4-2-5-9-17)22(24)18-10-6-3-7-11-18/h2-15,21,23,25H,16H2,1H3/t21-,23-/m0/s1. The van der Waals surface area contributed by atoms with Gasteiger partial charge in [-0.05, 0) is 29.7 Å². The van der Waals surface area contributed by atoms with Crippen LogP contribution in [-0.2, 0) is 6.42 Å². The normalized spacial score (nSPS) is 13.0. The molecule has 0 radical (unpaired) electrons. The molecule has 132 valence electrons. The van der Waals surface area contributed by atoms with Gasteiger partial charge >= 0.3 is 0 Å². The molecule has 0 bridgehead atoms. The van der Waals surface area contributed by atoms with Crippen molar-refractivity contribution in [1.29, 1.82) is 0 Å². The minimum Gasteiger partial charge on any atom is -0.497 e. The second-order valence-electron chi connectivity index (χ2n) is 6.24. The highest BCUT2D eigenvalue weighted by atomic mass is 16.5. The summed E-state index contributed by atoms with van der Waals surface area (Å²) in [4.78, 5) is 13.1. The van der Waals surface area contributed by atoms with E-state index in [1.54, 1.807) is 43.5 Å². The summed E-state index contributed by atoms with van der Waals surface area (Å²) in [6.45, 7) is 0. The van der Waals surface area contributed by atoms with Crippen LogP contribution < -0.4 is 4.74 Å². The summed E-state index contributed by atoms with van der Waals surface area (Å²) in [5.41, 5.74) is 2.34. The zero-order chi connectivity index (χ0) is 18.4. The molecule has 0 unspecified atom stereocenters. The van der Waals surface area contributed by atoms with E-state index in [1.807, 2.05) is 48.5 Å². The summed E-state index contributed by atoms with van der Waals surface area (Å²) in [6, 6.07) is 26.1. The summed E-state index contributed by atoms with van der Waals surface area (Å²) in [7, 11) is 1.60. The van der Waals surface area contributed by atoms with Gasteiger partial charge in [0.25, 0.3) is 0 Å². The Hall–Kier alpha value is -2.91. The number of hydrogen-bond acceptors (Lipinski definition) is 3. The Morgan fingerprint density at radius 3 is 2.04 bits per heavy atom. The average Bonchev–Trinajstić information content (AvgIpc) is 2.72. The summed E-state index contributed by atoms with van der Waals surface area (Å²) in [5.74, 6) is 0.0981. The molecular formula is C23H22O3. The first-order valence-corrected chi connectivity index (χ1v) is 8.64. The summed E-state index contributed by atoms with van der Waals surface area (Å²) < 4.78 is 5.17. The molecule has 0 aromatic heterocycles. The van der Waals surface area contributed by atoms with Crippen LogP contribution >= 0.6 is 0 Å². The minimum atomic E-state index is -0.895. The lowest BCUT2D eigenvalue weighted by molar-refractivity contribution is 0.0676. The van der Waals surface area contributed by atoms with Crippen LogP contribution in [0.1, 0.15) is 27.6 Å². The number of aliphatic hydroxyl groups is 1. The highest BCUT2D eigenvalue weighted by molar-refractivity contribution is 5.98. The van der Waals surface area contributed by atoms with E-state index < -0.39 is 12.0 Å². The number of carbonyl (C=O) groups is 1. The SMILES string of the molecule is COc1ccc([C@H](O)[C@@H](Cc2ccccc2)C(=O)c2ccccc2)cc1. The third-order valence-corrected chi connectivity index (χ3v) is 4.53. The average molecular weight is 346 g/mol. The van der Waals surface area contributed by atoms with Gasteiger partial charge in [-0.25, -0.2) is 0 Å². The number of ether oxygens (including phenoxy) is 1. The largest absolute Gasteiger partial charge is 0.497 e. The van der Waals surface area contributed by atoms with Gasteiger partial charge in [0.05, 0.1) is 19.1 Å². The van der Waals surface area contributed by atoms with E-state index in [1.165, 1.54) is 0 Å². The molecule has 3 rings (SSSR count). The van der Waals surface area contributed by atoms with E-state index in [2.05, 4.69) is 0 Å². The van der Waals surface area contributed by atoms with E-state index in [0.717, 1.165) is 11.3 Å². The first-order chi connectivity index (χ1) is 12.7. The van der Waals surface area contributed by atoms with Crippen LogP contribution in [0.5, 0.6) is 5.75 Å². The third-order valence-electron chi connectivity index (χ3n) is 4.53. The van der Waals surface area contributed by atoms with Crippen molar-refractivity contribution in [3.63, 3.8) is 0 Å². The lowest BCUT2D eigenvalue weighted by atomic mass is 9.84. The number of aliphatic hydroxyl groups excluding tert-OH is 1. The van der Waals surface area contributed by atoms with Crippen LogP contribution in [0.2, 0.25) is 0 Å². The number of hydrogen-bond donors (Lipinski definition) is 1. The maximum atomic E-state index is 13.1. The summed E-state index contributed by atoms with van der Waals surface area (Å²) >= 11 is 0. The Morgan fingerprint density at radius 2 is 1.46 bits per heavy atom. The van der Waals surface area contributed by atoms with E-state index >= 15 is 0 Å². The number of rotatable bonds is 7. The fourth-order valence-electron chi connectivity index (χ4n) is 3.07. The fraction of sp³-hybridized carbons (Fsp3) is 0.174. The Labute approximate surface area is 153 Å². The predicted molar refractivity (Wildman–Crippen MR) is 102 cm³/mol. The van der Waals surface area contributed by atoms with Crippen molar-refractivity contribution in [2.24, 2.45) is 5.92 Å². The summed E-state index contributed by atoms with van der Waals surface area (Å²) in [5, 5.41) is 11.0. The Bertz CT molecular complexity index is 826. The second kappa shape index (κ2) is 8.45. The fourth-order valence-corrected chi connectivity index (χ4v) is 3.07. The maximum absolute atomic E-state index is 13.1. The van der Waals surface area contributed by atoms with E-state index in [0.29, 0.717) is 17.5 Å². The van der Waals surface area contributed by atoms with Crippen LogP contribution in [0, 0.1) is 5.92 Å². The number of carbonyl (C=O) groups excluding carboxylic acids is 1. The summed E-state index contributed by atoms with van der Waals surface area (Å²) in [6.07, 6.45) is -0.421. The molecule has 0 amide bonds. The number of Topliss-reactive ketones (excluding diaryl/α,β-unsaturated/α-hetero) is 1. The zero-order valence-electron chi connectivity index (χ0n) is 14.7.